The fraction of sp³-hybridized carbons (Fsp3) is 0.348. The Morgan fingerprint density at radius 2 is 1.97 bits per heavy atom. The lowest BCUT2D eigenvalue weighted by molar-refractivity contribution is -0.102. The van der Waals surface area contributed by atoms with E-state index in [1.807, 2.05) is 0 Å². The number of amides is 2. The van der Waals surface area contributed by atoms with Crippen LogP contribution in [0.4, 0.5) is 10.6 Å². The van der Waals surface area contributed by atoms with Gasteiger partial charge in [-0.2, -0.15) is 5.26 Å². The number of aryl methyl sites for hydroxylation is 1. The lowest BCUT2D eigenvalue weighted by Crippen LogP contribution is -2.74. The number of rotatable bonds is 6. The van der Waals surface area contributed by atoms with Crippen molar-refractivity contribution in [2.45, 2.75) is 37.8 Å². The number of carbonyl (C=O) groups is 2. The van der Waals surface area contributed by atoms with Gasteiger partial charge < -0.3 is 10.1 Å². The van der Waals surface area contributed by atoms with Gasteiger partial charge in [-0.3, -0.25) is 10.1 Å². The molecule has 11 nitrogen and oxygen atoms in total. The minimum absolute atomic E-state index is 0.0226. The zero-order chi connectivity index (χ0) is 25.7. The molecule has 1 atom stereocenters. The Morgan fingerprint density at radius 3 is 2.64 bits per heavy atom. The van der Waals surface area contributed by atoms with Crippen molar-refractivity contribution >= 4 is 41.0 Å². The largest absolute Gasteiger partial charge is 0.441 e. The Bertz CT molecular complexity index is 1410. The molecule has 2 N–H and O–H groups in total. The van der Waals surface area contributed by atoms with Crippen LogP contribution in [0.1, 0.15) is 48.2 Å². The van der Waals surface area contributed by atoms with Gasteiger partial charge in [-0.1, -0.05) is 34.5 Å². The first-order valence-electron chi connectivity index (χ1n) is 11.0. The van der Waals surface area contributed by atoms with Crippen LogP contribution >= 0.6 is 23.2 Å². The number of nitrogens with zero attached hydrogens (tertiary/aromatic N) is 6. The topological polar surface area (TPSA) is 148 Å². The molecule has 0 aliphatic heterocycles. The Labute approximate surface area is 215 Å². The SMILES string of the molecule is C[C@@H](OC(=O)Nc1c(-c2ccc(C(=O)NC34CC(C#N)(C3)C4)c(Cl)n2)nnn1C)c1cccnc1Cl. The summed E-state index contributed by atoms with van der Waals surface area (Å²) in [6, 6.07) is 8.82. The van der Waals surface area contributed by atoms with Crippen LogP contribution in [0.3, 0.4) is 0 Å². The van der Waals surface area contributed by atoms with Crippen LogP contribution in [0.2, 0.25) is 10.3 Å². The molecule has 6 rings (SSSR count). The molecule has 3 saturated carbocycles. The number of ether oxygens (including phenoxy) is 1. The van der Waals surface area contributed by atoms with E-state index in [4.69, 9.17) is 33.2 Å². The maximum atomic E-state index is 12.8. The van der Waals surface area contributed by atoms with Crippen LogP contribution < -0.4 is 10.6 Å². The average molecular weight is 527 g/mol. The summed E-state index contributed by atoms with van der Waals surface area (Å²) in [7, 11) is 1.59. The summed E-state index contributed by atoms with van der Waals surface area (Å²) in [6.07, 6.45) is 2.08. The summed E-state index contributed by atoms with van der Waals surface area (Å²) < 4.78 is 6.78. The van der Waals surface area contributed by atoms with Crippen LogP contribution in [-0.4, -0.2) is 42.5 Å². The predicted octanol–water partition coefficient (Wildman–Crippen LogP) is 4.06. The number of anilines is 1. The molecule has 3 aromatic heterocycles. The highest BCUT2D eigenvalue weighted by Crippen LogP contribution is 2.66. The molecule has 3 aliphatic rings. The van der Waals surface area contributed by atoms with E-state index in [0.29, 0.717) is 30.5 Å². The van der Waals surface area contributed by atoms with Gasteiger partial charge >= 0.3 is 6.09 Å². The van der Waals surface area contributed by atoms with Crippen molar-refractivity contribution in [1.82, 2.24) is 30.3 Å². The molecule has 184 valence electrons. The van der Waals surface area contributed by atoms with Gasteiger partial charge in [0.05, 0.1) is 22.7 Å². The number of carbonyl (C=O) groups excluding carboxylic acids is 2. The second kappa shape index (κ2) is 8.72. The maximum absolute atomic E-state index is 12.8. The van der Waals surface area contributed by atoms with Gasteiger partial charge in [0.15, 0.2) is 11.5 Å². The Kier molecular flexibility index (Phi) is 5.81. The Hall–Kier alpha value is -3.75. The second-order valence-electron chi connectivity index (χ2n) is 9.16. The first kappa shape index (κ1) is 24.0. The van der Waals surface area contributed by atoms with Crippen LogP contribution in [0.15, 0.2) is 30.5 Å². The van der Waals surface area contributed by atoms with Gasteiger partial charge in [0.2, 0.25) is 0 Å². The lowest BCUT2D eigenvalue weighted by Gasteiger charge is -2.66. The molecule has 2 bridgehead atoms. The van der Waals surface area contributed by atoms with Crippen LogP contribution in [0.5, 0.6) is 0 Å². The number of nitrogens with one attached hydrogen (secondary N) is 2. The van der Waals surface area contributed by atoms with E-state index < -0.39 is 12.2 Å². The van der Waals surface area contributed by atoms with Gasteiger partial charge in [0.25, 0.3) is 5.91 Å². The van der Waals surface area contributed by atoms with Crippen molar-refractivity contribution < 1.29 is 14.3 Å². The minimum Gasteiger partial charge on any atom is -0.441 e. The van der Waals surface area contributed by atoms with Crippen molar-refractivity contribution in [1.29, 1.82) is 5.26 Å². The number of pyridine rings is 2. The van der Waals surface area contributed by atoms with E-state index in [2.05, 4.69) is 37.0 Å². The molecule has 3 aromatic rings. The van der Waals surface area contributed by atoms with E-state index in [1.165, 1.54) is 10.7 Å². The highest BCUT2D eigenvalue weighted by Gasteiger charge is 2.69. The molecular weight excluding hydrogens is 507 g/mol. The molecule has 36 heavy (non-hydrogen) atoms. The monoisotopic (exact) mass is 526 g/mol. The van der Waals surface area contributed by atoms with Gasteiger partial charge in [-0.25, -0.2) is 19.4 Å². The number of nitriles is 1. The van der Waals surface area contributed by atoms with E-state index >= 15 is 0 Å². The van der Waals surface area contributed by atoms with Crippen molar-refractivity contribution in [3.8, 4) is 17.5 Å². The Balaban J connectivity index is 1.29. The van der Waals surface area contributed by atoms with Crippen molar-refractivity contribution in [3.63, 3.8) is 0 Å². The first-order valence-corrected chi connectivity index (χ1v) is 11.8. The third kappa shape index (κ3) is 4.12. The standard InChI is InChI=1S/C23H20Cl2N8O3/c1-12(13-4-3-7-27-17(13)24)36-21(35)29-19-16(31-32-33(19)2)15-6-5-14(18(25)28-15)20(34)30-23-8-22(9-23,10-23)11-26/h3-7,12H,8-10H2,1-2H3,(H,29,35)(H,30,34)/t12-,22?,23?/m1/s1. The summed E-state index contributed by atoms with van der Waals surface area (Å²) in [4.78, 5) is 33.6. The fourth-order valence-corrected chi connectivity index (χ4v) is 5.32. The van der Waals surface area contributed by atoms with Crippen LogP contribution in [-0.2, 0) is 11.8 Å². The van der Waals surface area contributed by atoms with Gasteiger partial charge in [-0.15, -0.1) is 5.10 Å². The van der Waals surface area contributed by atoms with Gasteiger partial charge in [0, 0.05) is 24.3 Å². The highest BCUT2D eigenvalue weighted by molar-refractivity contribution is 6.32. The second-order valence-corrected chi connectivity index (χ2v) is 9.87. The predicted molar refractivity (Wildman–Crippen MR) is 129 cm³/mol. The molecule has 3 heterocycles. The number of hydrogen-bond donors (Lipinski definition) is 2. The molecule has 0 radical (unpaired) electrons. The molecule has 0 saturated heterocycles. The first-order chi connectivity index (χ1) is 17.1. The van der Waals surface area contributed by atoms with Gasteiger partial charge in [0.1, 0.15) is 16.4 Å². The Morgan fingerprint density at radius 1 is 1.22 bits per heavy atom. The smallest absolute Gasteiger partial charge is 0.413 e. The summed E-state index contributed by atoms with van der Waals surface area (Å²) >= 11 is 12.4. The van der Waals surface area contributed by atoms with Crippen molar-refractivity contribution in [2.75, 3.05) is 5.32 Å². The number of halogens is 2. The average Bonchev–Trinajstić information content (AvgIpc) is 3.15. The van der Waals surface area contributed by atoms with E-state index in [9.17, 15) is 9.59 Å². The quantitative estimate of drug-likeness (QED) is 0.456. The minimum atomic E-state index is -0.759. The molecule has 3 aliphatic carbocycles. The van der Waals surface area contributed by atoms with Crippen LogP contribution in [0, 0.1) is 16.7 Å². The molecule has 0 aromatic carbocycles. The molecule has 3 fully saturated rings. The molecule has 0 unspecified atom stereocenters. The highest BCUT2D eigenvalue weighted by atomic mass is 35.5. The lowest BCUT2D eigenvalue weighted by atomic mass is 9.40. The fourth-order valence-electron chi connectivity index (χ4n) is 4.80. The normalized spacial score (nSPS) is 22.4. The number of hydrogen-bond acceptors (Lipinski definition) is 8. The third-order valence-electron chi connectivity index (χ3n) is 6.54. The van der Waals surface area contributed by atoms with E-state index in [-0.39, 0.29) is 44.2 Å². The van der Waals surface area contributed by atoms with Crippen molar-refractivity contribution in [2.24, 2.45) is 12.5 Å². The summed E-state index contributed by atoms with van der Waals surface area (Å²) in [5.41, 5.74) is 0.701. The summed E-state index contributed by atoms with van der Waals surface area (Å²) in [6.45, 7) is 1.67. The molecule has 13 heteroatoms. The zero-order valence-corrected chi connectivity index (χ0v) is 20.8. The number of aromatic nitrogens is 5. The van der Waals surface area contributed by atoms with E-state index in [0.717, 1.165) is 0 Å². The summed E-state index contributed by atoms with van der Waals surface area (Å²) in [5, 5.41) is 23.0. The maximum Gasteiger partial charge on any atom is 0.413 e. The zero-order valence-electron chi connectivity index (χ0n) is 19.2. The molecule has 0 spiro atoms. The summed E-state index contributed by atoms with van der Waals surface area (Å²) in [5.74, 6) is -0.129. The third-order valence-corrected chi connectivity index (χ3v) is 7.14. The van der Waals surface area contributed by atoms with Gasteiger partial charge in [-0.05, 0) is 44.4 Å². The van der Waals surface area contributed by atoms with Crippen LogP contribution in [0.25, 0.3) is 11.4 Å². The van der Waals surface area contributed by atoms with Crippen molar-refractivity contribution in [3.05, 3.63) is 51.9 Å². The molecule has 2 amide bonds. The molecular formula is C23H20Cl2N8O3. The van der Waals surface area contributed by atoms with E-state index in [1.54, 1.807) is 38.4 Å².